The van der Waals surface area contributed by atoms with Crippen molar-refractivity contribution in [1.29, 1.82) is 0 Å². The van der Waals surface area contributed by atoms with Crippen LogP contribution in [0.5, 0.6) is 0 Å². The van der Waals surface area contributed by atoms with Crippen molar-refractivity contribution in [3.8, 4) is 0 Å². The van der Waals surface area contributed by atoms with E-state index >= 15 is 0 Å². The largest absolute Gasteiger partial charge is 0.396 e. The number of anilines is 1. The van der Waals surface area contributed by atoms with Crippen LogP contribution in [-0.4, -0.2) is 39.5 Å². The standard InChI is InChI=1S/C13H20N2O2S.C3H8O/c1-18(16,17)15-13-6-4-12(5-7-13)11-3-2-9-14-10-8-11;1-2-3-4/h4-7,11,14-15H,2-3,8-10H2,1H3;4H,2-3H2,1H3. The Morgan fingerprint density at radius 2 is 1.86 bits per heavy atom. The highest BCUT2D eigenvalue weighted by molar-refractivity contribution is 7.92. The van der Waals surface area contributed by atoms with Crippen LogP contribution in [0.15, 0.2) is 24.3 Å². The Kier molecular flexibility index (Phi) is 8.45. The summed E-state index contributed by atoms with van der Waals surface area (Å²) in [6.07, 6.45) is 5.59. The maximum atomic E-state index is 11.1. The Morgan fingerprint density at radius 1 is 1.23 bits per heavy atom. The van der Waals surface area contributed by atoms with Crippen molar-refractivity contribution in [2.45, 2.75) is 38.5 Å². The molecule has 0 spiro atoms. The van der Waals surface area contributed by atoms with Crippen LogP contribution in [-0.2, 0) is 10.0 Å². The average Bonchev–Trinajstić information content (AvgIpc) is 2.76. The van der Waals surface area contributed by atoms with Gasteiger partial charge in [-0.25, -0.2) is 8.42 Å². The first-order valence-corrected chi connectivity index (χ1v) is 9.74. The molecule has 1 atom stereocenters. The quantitative estimate of drug-likeness (QED) is 0.792. The zero-order valence-electron chi connectivity index (χ0n) is 13.5. The van der Waals surface area contributed by atoms with Crippen molar-refractivity contribution in [1.82, 2.24) is 5.32 Å². The van der Waals surface area contributed by atoms with E-state index in [1.807, 2.05) is 31.2 Å². The van der Waals surface area contributed by atoms with Gasteiger partial charge in [-0.15, -0.1) is 0 Å². The molecular weight excluding hydrogens is 300 g/mol. The monoisotopic (exact) mass is 328 g/mol. The van der Waals surface area contributed by atoms with E-state index in [0.717, 1.165) is 32.2 Å². The summed E-state index contributed by atoms with van der Waals surface area (Å²) in [6.45, 7) is 4.41. The van der Waals surface area contributed by atoms with E-state index in [4.69, 9.17) is 5.11 Å². The van der Waals surface area contributed by atoms with Crippen LogP contribution in [0, 0.1) is 0 Å². The lowest BCUT2D eigenvalue weighted by Gasteiger charge is -2.14. The van der Waals surface area contributed by atoms with E-state index in [1.54, 1.807) is 0 Å². The lowest BCUT2D eigenvalue weighted by Crippen LogP contribution is -2.13. The molecule has 6 heteroatoms. The van der Waals surface area contributed by atoms with E-state index in [0.29, 0.717) is 18.2 Å². The number of aliphatic hydroxyl groups is 1. The summed E-state index contributed by atoms with van der Waals surface area (Å²) >= 11 is 0. The minimum absolute atomic E-state index is 0.319. The van der Waals surface area contributed by atoms with Crippen molar-refractivity contribution in [2.75, 3.05) is 30.7 Å². The van der Waals surface area contributed by atoms with Crippen molar-refractivity contribution in [3.05, 3.63) is 29.8 Å². The second kappa shape index (κ2) is 9.82. The highest BCUT2D eigenvalue weighted by Crippen LogP contribution is 2.27. The fraction of sp³-hybridized carbons (Fsp3) is 0.625. The van der Waals surface area contributed by atoms with Gasteiger partial charge in [-0.05, 0) is 62.4 Å². The molecule has 1 unspecified atom stereocenters. The van der Waals surface area contributed by atoms with Crippen molar-refractivity contribution in [3.63, 3.8) is 0 Å². The molecule has 1 aliphatic rings. The molecule has 0 aliphatic carbocycles. The maximum Gasteiger partial charge on any atom is 0.229 e. The van der Waals surface area contributed by atoms with Crippen molar-refractivity contribution in [2.24, 2.45) is 0 Å². The summed E-state index contributed by atoms with van der Waals surface area (Å²) < 4.78 is 24.7. The molecule has 0 amide bonds. The Morgan fingerprint density at radius 3 is 2.41 bits per heavy atom. The van der Waals surface area contributed by atoms with Gasteiger partial charge in [0, 0.05) is 12.3 Å². The number of hydrogen-bond donors (Lipinski definition) is 3. The van der Waals surface area contributed by atoms with Crippen molar-refractivity contribution < 1.29 is 13.5 Å². The van der Waals surface area contributed by atoms with E-state index < -0.39 is 10.0 Å². The fourth-order valence-corrected chi connectivity index (χ4v) is 2.95. The third-order valence-corrected chi connectivity index (χ3v) is 4.09. The van der Waals surface area contributed by atoms with Crippen LogP contribution >= 0.6 is 0 Å². The molecule has 0 saturated carbocycles. The van der Waals surface area contributed by atoms with Crippen LogP contribution in [0.25, 0.3) is 0 Å². The van der Waals surface area contributed by atoms with E-state index in [9.17, 15) is 8.42 Å². The minimum Gasteiger partial charge on any atom is -0.396 e. The number of hydrogen-bond acceptors (Lipinski definition) is 4. The molecule has 3 N–H and O–H groups in total. The summed E-state index contributed by atoms with van der Waals surface area (Å²) in [5, 5.41) is 11.3. The maximum absolute atomic E-state index is 11.1. The molecule has 0 bridgehead atoms. The molecule has 5 nitrogen and oxygen atoms in total. The normalized spacial score (nSPS) is 18.8. The number of rotatable bonds is 4. The van der Waals surface area contributed by atoms with Crippen molar-refractivity contribution >= 4 is 15.7 Å². The van der Waals surface area contributed by atoms with Crippen LogP contribution in [0.2, 0.25) is 0 Å². The van der Waals surface area contributed by atoms with Crippen LogP contribution < -0.4 is 10.0 Å². The molecular formula is C16H28N2O3S. The first-order chi connectivity index (χ1) is 10.5. The molecule has 1 heterocycles. The van der Waals surface area contributed by atoms with Crippen LogP contribution in [0.1, 0.15) is 44.1 Å². The molecule has 1 aromatic carbocycles. The van der Waals surface area contributed by atoms with Gasteiger partial charge >= 0.3 is 0 Å². The van der Waals surface area contributed by atoms with E-state index in [-0.39, 0.29) is 0 Å². The average molecular weight is 328 g/mol. The Hall–Kier alpha value is -1.11. The van der Waals surface area contributed by atoms with Crippen LogP contribution in [0.4, 0.5) is 5.69 Å². The molecule has 1 aromatic rings. The van der Waals surface area contributed by atoms with Gasteiger partial charge in [-0.3, -0.25) is 4.72 Å². The SMILES string of the molecule is CCCO.CS(=O)(=O)Nc1ccc(C2CCCNCC2)cc1. The number of sulfonamides is 1. The second-order valence-electron chi connectivity index (χ2n) is 5.60. The summed E-state index contributed by atoms with van der Waals surface area (Å²) in [6, 6.07) is 7.75. The summed E-state index contributed by atoms with van der Waals surface area (Å²) in [4.78, 5) is 0. The minimum atomic E-state index is -3.18. The van der Waals surface area contributed by atoms with Gasteiger partial charge in [0.15, 0.2) is 0 Å². The Balaban J connectivity index is 0.000000541. The van der Waals surface area contributed by atoms with Gasteiger partial charge in [0.25, 0.3) is 0 Å². The van der Waals surface area contributed by atoms with Gasteiger partial charge in [-0.1, -0.05) is 19.1 Å². The molecule has 2 rings (SSSR count). The van der Waals surface area contributed by atoms with E-state index in [2.05, 4.69) is 10.0 Å². The fourth-order valence-electron chi connectivity index (χ4n) is 2.39. The summed E-state index contributed by atoms with van der Waals surface area (Å²) in [5.41, 5.74) is 1.94. The molecule has 1 saturated heterocycles. The van der Waals surface area contributed by atoms with E-state index in [1.165, 1.54) is 18.4 Å². The molecule has 1 aliphatic heterocycles. The highest BCUT2D eigenvalue weighted by atomic mass is 32.2. The predicted molar refractivity (Wildman–Crippen MR) is 91.7 cm³/mol. The third kappa shape index (κ3) is 7.77. The van der Waals surface area contributed by atoms with Gasteiger partial charge in [-0.2, -0.15) is 0 Å². The van der Waals surface area contributed by atoms with Gasteiger partial charge in [0.05, 0.1) is 6.26 Å². The molecule has 1 fully saturated rings. The number of nitrogens with one attached hydrogen (secondary N) is 2. The van der Waals surface area contributed by atoms with Crippen LogP contribution in [0.3, 0.4) is 0 Å². The molecule has 126 valence electrons. The highest BCUT2D eigenvalue weighted by Gasteiger charge is 2.14. The molecule has 0 radical (unpaired) electrons. The zero-order valence-corrected chi connectivity index (χ0v) is 14.3. The van der Waals surface area contributed by atoms with Gasteiger partial charge < -0.3 is 10.4 Å². The van der Waals surface area contributed by atoms with Gasteiger partial charge in [0.1, 0.15) is 0 Å². The van der Waals surface area contributed by atoms with Gasteiger partial charge in [0.2, 0.25) is 10.0 Å². The number of aliphatic hydroxyl groups excluding tert-OH is 1. The first kappa shape index (κ1) is 18.9. The topological polar surface area (TPSA) is 78.4 Å². The lowest BCUT2D eigenvalue weighted by molar-refractivity contribution is 0.295. The first-order valence-electron chi connectivity index (χ1n) is 7.85. The Labute approximate surface area is 134 Å². The molecule has 0 aromatic heterocycles. The Bertz CT molecular complexity index is 505. The summed E-state index contributed by atoms with van der Waals surface area (Å²) in [7, 11) is -3.18. The number of benzene rings is 1. The predicted octanol–water partition coefficient (Wildman–Crippen LogP) is 2.30. The second-order valence-corrected chi connectivity index (χ2v) is 7.35. The summed E-state index contributed by atoms with van der Waals surface area (Å²) in [5.74, 6) is 0.590. The third-order valence-electron chi connectivity index (χ3n) is 3.48. The zero-order chi connectivity index (χ0) is 16.4. The molecule has 22 heavy (non-hydrogen) atoms. The lowest BCUT2D eigenvalue weighted by atomic mass is 9.92. The smallest absolute Gasteiger partial charge is 0.229 e.